The summed E-state index contributed by atoms with van der Waals surface area (Å²) in [6, 6.07) is 2.01. The molecule has 1 heterocycles. The zero-order valence-electron chi connectivity index (χ0n) is 12.5. The molecule has 4 N–H and O–H groups in total. The molecule has 110 valence electrons. The number of rotatable bonds is 3. The van der Waals surface area contributed by atoms with Crippen LogP contribution in [0.2, 0.25) is 0 Å². The number of pyridine rings is 1. The van der Waals surface area contributed by atoms with Gasteiger partial charge in [0.2, 0.25) is 0 Å². The van der Waals surface area contributed by atoms with Crippen molar-refractivity contribution in [2.24, 2.45) is 11.1 Å². The van der Waals surface area contributed by atoms with Gasteiger partial charge in [-0.2, -0.15) is 0 Å². The van der Waals surface area contributed by atoms with Gasteiger partial charge in [-0.3, -0.25) is 4.79 Å². The highest BCUT2D eigenvalue weighted by Gasteiger charge is 2.30. The fourth-order valence-electron chi connectivity index (χ4n) is 2.88. The SMILES string of the molecule is CN(c1ncc(N)cc1C(N)=O)C1CCC(C)(C)CC1. The molecular formula is C15H24N4O. The highest BCUT2D eigenvalue weighted by Crippen LogP contribution is 2.37. The second kappa shape index (κ2) is 5.31. The first-order valence-corrected chi connectivity index (χ1v) is 7.08. The lowest BCUT2D eigenvalue weighted by atomic mass is 9.75. The van der Waals surface area contributed by atoms with Crippen molar-refractivity contribution in [1.82, 2.24) is 4.98 Å². The van der Waals surface area contributed by atoms with Crippen LogP contribution in [0.3, 0.4) is 0 Å². The summed E-state index contributed by atoms with van der Waals surface area (Å²) in [7, 11) is 1.98. The maximum atomic E-state index is 11.6. The van der Waals surface area contributed by atoms with Crippen LogP contribution in [0.15, 0.2) is 12.3 Å². The first-order valence-electron chi connectivity index (χ1n) is 7.08. The zero-order chi connectivity index (χ0) is 14.9. The van der Waals surface area contributed by atoms with Gasteiger partial charge in [0, 0.05) is 13.1 Å². The zero-order valence-corrected chi connectivity index (χ0v) is 12.5. The van der Waals surface area contributed by atoms with E-state index >= 15 is 0 Å². The van der Waals surface area contributed by atoms with Crippen LogP contribution >= 0.6 is 0 Å². The van der Waals surface area contributed by atoms with Crippen molar-refractivity contribution in [3.05, 3.63) is 17.8 Å². The number of carbonyl (C=O) groups is 1. The van der Waals surface area contributed by atoms with Crippen LogP contribution in [0.25, 0.3) is 0 Å². The molecule has 0 saturated heterocycles. The molecule has 5 heteroatoms. The number of anilines is 2. The van der Waals surface area contributed by atoms with E-state index in [1.807, 2.05) is 7.05 Å². The number of carbonyl (C=O) groups excluding carboxylic acids is 1. The van der Waals surface area contributed by atoms with Gasteiger partial charge in [-0.15, -0.1) is 0 Å². The molecule has 0 atom stereocenters. The molecule has 0 bridgehead atoms. The largest absolute Gasteiger partial charge is 0.397 e. The molecule has 0 spiro atoms. The summed E-state index contributed by atoms with van der Waals surface area (Å²) < 4.78 is 0. The predicted octanol–water partition coefficient (Wildman–Crippen LogP) is 2.17. The van der Waals surface area contributed by atoms with E-state index in [-0.39, 0.29) is 0 Å². The average molecular weight is 276 g/mol. The molecule has 1 amide bonds. The van der Waals surface area contributed by atoms with Crippen molar-refractivity contribution in [2.45, 2.75) is 45.6 Å². The van der Waals surface area contributed by atoms with E-state index in [1.165, 1.54) is 12.8 Å². The third-order valence-corrected chi connectivity index (χ3v) is 4.34. The van der Waals surface area contributed by atoms with Crippen LogP contribution in [0, 0.1) is 5.41 Å². The third kappa shape index (κ3) is 3.03. The maximum absolute atomic E-state index is 11.6. The molecule has 1 fully saturated rings. The standard InChI is InChI=1S/C15H24N4O/c1-15(2)6-4-11(5-7-15)19(3)14-12(13(17)20)8-10(16)9-18-14/h8-9,11H,4-7,16H2,1-3H3,(H2,17,20). The van der Waals surface area contributed by atoms with Crippen LogP contribution in [0.4, 0.5) is 11.5 Å². The number of nitrogen functional groups attached to an aromatic ring is 1. The van der Waals surface area contributed by atoms with Crippen molar-refractivity contribution in [3.8, 4) is 0 Å². The molecule has 1 aromatic rings. The number of hydrogen-bond acceptors (Lipinski definition) is 4. The van der Waals surface area contributed by atoms with Gasteiger partial charge < -0.3 is 16.4 Å². The van der Waals surface area contributed by atoms with Crippen molar-refractivity contribution in [2.75, 3.05) is 17.7 Å². The normalized spacial score (nSPS) is 18.8. The van der Waals surface area contributed by atoms with Crippen LogP contribution in [0.1, 0.15) is 49.9 Å². The van der Waals surface area contributed by atoms with E-state index in [0.29, 0.717) is 28.5 Å². The Balaban J connectivity index is 2.21. The molecule has 5 nitrogen and oxygen atoms in total. The summed E-state index contributed by atoms with van der Waals surface area (Å²) >= 11 is 0. The second-order valence-electron chi connectivity index (χ2n) is 6.51. The quantitative estimate of drug-likeness (QED) is 0.886. The summed E-state index contributed by atoms with van der Waals surface area (Å²) in [6.07, 6.45) is 6.15. The van der Waals surface area contributed by atoms with E-state index < -0.39 is 5.91 Å². The molecule has 1 aromatic heterocycles. The molecule has 1 saturated carbocycles. The Morgan fingerprint density at radius 2 is 2.00 bits per heavy atom. The van der Waals surface area contributed by atoms with Gasteiger partial charge in [0.25, 0.3) is 5.91 Å². The first-order chi connectivity index (χ1) is 9.30. The first kappa shape index (κ1) is 14.6. The van der Waals surface area contributed by atoms with E-state index in [0.717, 1.165) is 12.8 Å². The smallest absolute Gasteiger partial charge is 0.252 e. The Bertz CT molecular complexity index is 503. The third-order valence-electron chi connectivity index (χ3n) is 4.34. The summed E-state index contributed by atoms with van der Waals surface area (Å²) in [5.74, 6) is 0.152. The van der Waals surface area contributed by atoms with Gasteiger partial charge in [-0.1, -0.05) is 13.8 Å². The number of aromatic nitrogens is 1. The molecule has 0 aliphatic heterocycles. The highest BCUT2D eigenvalue weighted by molar-refractivity contribution is 5.98. The van der Waals surface area contributed by atoms with Crippen LogP contribution in [-0.4, -0.2) is 24.0 Å². The monoisotopic (exact) mass is 276 g/mol. The molecule has 20 heavy (non-hydrogen) atoms. The summed E-state index contributed by atoms with van der Waals surface area (Å²) in [5.41, 5.74) is 12.4. The maximum Gasteiger partial charge on any atom is 0.252 e. The average Bonchev–Trinajstić information content (AvgIpc) is 2.37. The summed E-state index contributed by atoms with van der Waals surface area (Å²) in [4.78, 5) is 18.0. The Morgan fingerprint density at radius 3 is 2.55 bits per heavy atom. The fourth-order valence-corrected chi connectivity index (χ4v) is 2.88. The summed E-state index contributed by atoms with van der Waals surface area (Å²) in [5, 5.41) is 0. The molecule has 1 aliphatic carbocycles. The number of nitrogens with two attached hydrogens (primary N) is 2. The minimum Gasteiger partial charge on any atom is -0.397 e. The van der Waals surface area contributed by atoms with E-state index in [4.69, 9.17) is 11.5 Å². The fraction of sp³-hybridized carbons (Fsp3) is 0.600. The van der Waals surface area contributed by atoms with Crippen molar-refractivity contribution < 1.29 is 4.79 Å². The molecule has 1 aliphatic rings. The lowest BCUT2D eigenvalue weighted by molar-refractivity contribution is 0.1000. The molecule has 0 aromatic carbocycles. The molecule has 0 radical (unpaired) electrons. The Labute approximate surface area is 120 Å². The van der Waals surface area contributed by atoms with Gasteiger partial charge in [-0.05, 0) is 37.2 Å². The highest BCUT2D eigenvalue weighted by atomic mass is 16.1. The lowest BCUT2D eigenvalue weighted by Gasteiger charge is -2.39. The predicted molar refractivity (Wildman–Crippen MR) is 81.6 cm³/mol. The van der Waals surface area contributed by atoms with Gasteiger partial charge >= 0.3 is 0 Å². The summed E-state index contributed by atoms with van der Waals surface area (Å²) in [6.45, 7) is 4.61. The Hall–Kier alpha value is -1.78. The van der Waals surface area contributed by atoms with Gasteiger partial charge in [0.05, 0.1) is 17.4 Å². The minimum atomic E-state index is -0.484. The number of hydrogen-bond donors (Lipinski definition) is 2. The van der Waals surface area contributed by atoms with Crippen LogP contribution in [-0.2, 0) is 0 Å². The minimum absolute atomic E-state index is 0.400. The number of nitrogens with zero attached hydrogens (tertiary/aromatic N) is 2. The number of primary amides is 1. The lowest BCUT2D eigenvalue weighted by Crippen LogP contribution is -2.38. The Morgan fingerprint density at radius 1 is 1.40 bits per heavy atom. The van der Waals surface area contributed by atoms with Crippen molar-refractivity contribution in [1.29, 1.82) is 0 Å². The van der Waals surface area contributed by atoms with E-state index in [9.17, 15) is 4.79 Å². The molecule has 0 unspecified atom stereocenters. The van der Waals surface area contributed by atoms with Crippen LogP contribution < -0.4 is 16.4 Å². The van der Waals surface area contributed by atoms with E-state index in [1.54, 1.807) is 12.3 Å². The van der Waals surface area contributed by atoms with Gasteiger partial charge in [0.15, 0.2) is 0 Å². The van der Waals surface area contributed by atoms with Crippen molar-refractivity contribution >= 4 is 17.4 Å². The van der Waals surface area contributed by atoms with Gasteiger partial charge in [-0.25, -0.2) is 4.98 Å². The van der Waals surface area contributed by atoms with Gasteiger partial charge in [0.1, 0.15) is 5.82 Å². The Kier molecular flexibility index (Phi) is 3.88. The van der Waals surface area contributed by atoms with E-state index in [2.05, 4.69) is 23.7 Å². The molecular weight excluding hydrogens is 252 g/mol. The second-order valence-corrected chi connectivity index (χ2v) is 6.51. The number of amides is 1. The van der Waals surface area contributed by atoms with Crippen molar-refractivity contribution in [3.63, 3.8) is 0 Å². The van der Waals surface area contributed by atoms with Crippen LogP contribution in [0.5, 0.6) is 0 Å². The topological polar surface area (TPSA) is 85.2 Å². The molecule has 2 rings (SSSR count).